The van der Waals surface area contributed by atoms with Crippen molar-refractivity contribution in [1.29, 1.82) is 0 Å². The van der Waals surface area contributed by atoms with Crippen LogP contribution in [0.25, 0.3) is 0 Å². The Labute approximate surface area is 165 Å². The van der Waals surface area contributed by atoms with E-state index < -0.39 is 12.0 Å². The first kappa shape index (κ1) is 18.9. The third-order valence-electron chi connectivity index (χ3n) is 4.34. The Bertz CT molecular complexity index is 830. The summed E-state index contributed by atoms with van der Waals surface area (Å²) >= 11 is 9.50. The van der Waals surface area contributed by atoms with Crippen LogP contribution in [0.15, 0.2) is 53.0 Å². The minimum absolute atomic E-state index is 0.0894. The number of aliphatic hydroxyl groups is 1. The molecule has 2 atom stereocenters. The summed E-state index contributed by atoms with van der Waals surface area (Å²) in [6, 6.07) is 14.3. The quantitative estimate of drug-likeness (QED) is 0.754. The van der Waals surface area contributed by atoms with Crippen molar-refractivity contribution in [2.45, 2.75) is 12.5 Å². The van der Waals surface area contributed by atoms with E-state index in [-0.39, 0.29) is 31.3 Å². The lowest BCUT2D eigenvalue weighted by atomic mass is 10.1. The van der Waals surface area contributed by atoms with E-state index in [9.17, 15) is 14.7 Å². The first-order valence-corrected chi connectivity index (χ1v) is 9.39. The molecule has 0 aromatic heterocycles. The van der Waals surface area contributed by atoms with Gasteiger partial charge in [-0.05, 0) is 29.8 Å². The van der Waals surface area contributed by atoms with Crippen LogP contribution in [0.2, 0.25) is 5.02 Å². The van der Waals surface area contributed by atoms with Gasteiger partial charge in [-0.2, -0.15) is 0 Å². The van der Waals surface area contributed by atoms with Gasteiger partial charge in [0.15, 0.2) is 0 Å². The Morgan fingerprint density at radius 1 is 1.31 bits per heavy atom. The highest BCUT2D eigenvalue weighted by Crippen LogP contribution is 2.31. The number of rotatable bonds is 5. The first-order valence-electron chi connectivity index (χ1n) is 8.22. The van der Waals surface area contributed by atoms with E-state index in [1.54, 1.807) is 36.4 Å². The molecule has 7 heteroatoms. The lowest BCUT2D eigenvalue weighted by Crippen LogP contribution is -2.35. The molecular formula is C19H18BrClN2O3. The van der Waals surface area contributed by atoms with Crippen molar-refractivity contribution in [3.63, 3.8) is 0 Å². The lowest BCUT2D eigenvalue weighted by molar-refractivity contribution is -0.126. The summed E-state index contributed by atoms with van der Waals surface area (Å²) in [6.07, 6.45) is -0.683. The monoisotopic (exact) mass is 436 g/mol. The molecule has 2 N–H and O–H groups in total. The number of carbonyl (C=O) groups excluding carboxylic acids is 2. The highest BCUT2D eigenvalue weighted by atomic mass is 79.9. The maximum Gasteiger partial charge on any atom is 0.227 e. The maximum atomic E-state index is 12.4. The minimum Gasteiger partial charge on any atom is -0.387 e. The van der Waals surface area contributed by atoms with Gasteiger partial charge < -0.3 is 15.3 Å². The zero-order valence-electron chi connectivity index (χ0n) is 13.9. The molecule has 2 aromatic rings. The summed E-state index contributed by atoms with van der Waals surface area (Å²) in [5.41, 5.74) is 1.32. The normalized spacial score (nSPS) is 18.0. The summed E-state index contributed by atoms with van der Waals surface area (Å²) in [6.45, 7) is 0.369. The number of anilines is 1. The summed E-state index contributed by atoms with van der Waals surface area (Å²) in [4.78, 5) is 26.2. The molecule has 0 bridgehead atoms. The SMILES string of the molecule is O=C(NC[C@H](O)c1cccc(Br)c1)C1CC(=O)N(c2ccccc2Cl)C1. The molecule has 26 heavy (non-hydrogen) atoms. The van der Waals surface area contributed by atoms with Gasteiger partial charge in [-0.25, -0.2) is 0 Å². The molecule has 0 saturated carbocycles. The van der Waals surface area contributed by atoms with Crippen LogP contribution < -0.4 is 10.2 Å². The predicted molar refractivity (Wildman–Crippen MR) is 104 cm³/mol. The second kappa shape index (κ2) is 8.20. The zero-order chi connectivity index (χ0) is 18.7. The number of carbonyl (C=O) groups is 2. The van der Waals surface area contributed by atoms with Crippen molar-refractivity contribution in [3.05, 3.63) is 63.6 Å². The van der Waals surface area contributed by atoms with E-state index in [1.165, 1.54) is 4.90 Å². The maximum absolute atomic E-state index is 12.4. The van der Waals surface area contributed by atoms with Crippen molar-refractivity contribution < 1.29 is 14.7 Å². The second-order valence-corrected chi connectivity index (χ2v) is 7.50. The standard InChI is InChI=1S/C19H18BrClN2O3/c20-14-5-3-4-12(8-14)17(24)10-22-19(26)13-9-18(25)23(11-13)16-7-2-1-6-15(16)21/h1-8,13,17,24H,9-11H2,(H,22,26)/t13?,17-/m0/s1. The summed E-state index contributed by atoms with van der Waals surface area (Å²) < 4.78 is 0.858. The molecule has 2 amide bonds. The summed E-state index contributed by atoms with van der Waals surface area (Å²) in [5.74, 6) is -0.846. The number of nitrogens with zero attached hydrogens (tertiary/aromatic N) is 1. The molecule has 1 heterocycles. The van der Waals surface area contributed by atoms with E-state index in [0.29, 0.717) is 16.3 Å². The summed E-state index contributed by atoms with van der Waals surface area (Å²) in [7, 11) is 0. The van der Waals surface area contributed by atoms with Crippen LogP contribution in [0, 0.1) is 5.92 Å². The predicted octanol–water partition coefficient (Wildman–Crippen LogP) is 3.31. The first-order chi connectivity index (χ1) is 12.5. The van der Waals surface area contributed by atoms with Crippen molar-refractivity contribution in [2.24, 2.45) is 5.92 Å². The Kier molecular flexibility index (Phi) is 5.96. The number of para-hydroxylation sites is 1. The van der Waals surface area contributed by atoms with Crippen LogP contribution >= 0.6 is 27.5 Å². The molecule has 1 aliphatic heterocycles. The van der Waals surface area contributed by atoms with Crippen LogP contribution in [-0.2, 0) is 9.59 Å². The van der Waals surface area contributed by atoms with Gasteiger partial charge in [-0.3, -0.25) is 9.59 Å². The average molecular weight is 438 g/mol. The molecule has 1 fully saturated rings. The van der Waals surface area contributed by atoms with Gasteiger partial charge in [-0.1, -0.05) is 51.8 Å². The largest absolute Gasteiger partial charge is 0.387 e. The van der Waals surface area contributed by atoms with Gasteiger partial charge in [0.05, 0.1) is 22.7 Å². The summed E-state index contributed by atoms with van der Waals surface area (Å²) in [5, 5.41) is 13.4. The molecule has 1 unspecified atom stereocenters. The lowest BCUT2D eigenvalue weighted by Gasteiger charge is -2.18. The number of benzene rings is 2. The number of hydrogen-bond donors (Lipinski definition) is 2. The van der Waals surface area contributed by atoms with Crippen molar-refractivity contribution in [1.82, 2.24) is 5.32 Å². The second-order valence-electron chi connectivity index (χ2n) is 6.17. The minimum atomic E-state index is -0.812. The Morgan fingerprint density at radius 3 is 2.81 bits per heavy atom. The Hall–Kier alpha value is -1.89. The van der Waals surface area contributed by atoms with Crippen molar-refractivity contribution in [2.75, 3.05) is 18.0 Å². The van der Waals surface area contributed by atoms with E-state index >= 15 is 0 Å². The Balaban J connectivity index is 1.59. The number of nitrogens with one attached hydrogen (secondary N) is 1. The van der Waals surface area contributed by atoms with Crippen molar-refractivity contribution >= 4 is 45.0 Å². The van der Waals surface area contributed by atoms with Gasteiger partial charge in [-0.15, -0.1) is 0 Å². The highest BCUT2D eigenvalue weighted by molar-refractivity contribution is 9.10. The molecule has 1 saturated heterocycles. The van der Waals surface area contributed by atoms with Gasteiger partial charge in [0.1, 0.15) is 0 Å². The third kappa shape index (κ3) is 4.26. The number of hydrogen-bond acceptors (Lipinski definition) is 3. The Morgan fingerprint density at radius 2 is 2.08 bits per heavy atom. The van der Waals surface area contributed by atoms with Crippen molar-refractivity contribution in [3.8, 4) is 0 Å². The van der Waals surface area contributed by atoms with Gasteiger partial charge in [0, 0.05) is 24.0 Å². The molecule has 2 aromatic carbocycles. The smallest absolute Gasteiger partial charge is 0.227 e. The van der Waals surface area contributed by atoms with Crippen LogP contribution in [-0.4, -0.2) is 30.0 Å². The fraction of sp³-hybridized carbons (Fsp3) is 0.263. The van der Waals surface area contributed by atoms with E-state index in [4.69, 9.17) is 11.6 Å². The number of aliphatic hydroxyl groups excluding tert-OH is 1. The van der Waals surface area contributed by atoms with E-state index in [2.05, 4.69) is 21.2 Å². The number of halogens is 2. The average Bonchev–Trinajstić information content (AvgIpc) is 3.01. The molecular weight excluding hydrogens is 420 g/mol. The molecule has 0 radical (unpaired) electrons. The molecule has 1 aliphatic rings. The highest BCUT2D eigenvalue weighted by Gasteiger charge is 2.35. The van der Waals surface area contributed by atoms with E-state index in [1.807, 2.05) is 12.1 Å². The molecule has 0 aliphatic carbocycles. The van der Waals surface area contributed by atoms with Gasteiger partial charge in [0.2, 0.25) is 11.8 Å². The van der Waals surface area contributed by atoms with Gasteiger partial charge in [0.25, 0.3) is 0 Å². The number of amides is 2. The molecule has 5 nitrogen and oxygen atoms in total. The fourth-order valence-corrected chi connectivity index (χ4v) is 3.61. The van der Waals surface area contributed by atoms with Crippen LogP contribution in [0.5, 0.6) is 0 Å². The van der Waals surface area contributed by atoms with Gasteiger partial charge >= 0.3 is 0 Å². The van der Waals surface area contributed by atoms with Crippen LogP contribution in [0.4, 0.5) is 5.69 Å². The molecule has 0 spiro atoms. The molecule has 136 valence electrons. The van der Waals surface area contributed by atoms with Crippen LogP contribution in [0.3, 0.4) is 0 Å². The molecule has 3 rings (SSSR count). The van der Waals surface area contributed by atoms with Crippen LogP contribution in [0.1, 0.15) is 18.1 Å². The third-order valence-corrected chi connectivity index (χ3v) is 5.16. The topological polar surface area (TPSA) is 69.6 Å². The van der Waals surface area contributed by atoms with E-state index in [0.717, 1.165) is 4.47 Å². The zero-order valence-corrected chi connectivity index (χ0v) is 16.2. The fourth-order valence-electron chi connectivity index (χ4n) is 2.96.